The van der Waals surface area contributed by atoms with Crippen LogP contribution in [-0.4, -0.2) is 18.0 Å². The van der Waals surface area contributed by atoms with Crippen LogP contribution in [0.4, 0.5) is 0 Å². The molecular formula is C9H14O3. The minimum atomic E-state index is 0.0674. The maximum absolute atomic E-state index is 9.95. The third-order valence-electron chi connectivity index (χ3n) is 1.20. The lowest BCUT2D eigenvalue weighted by Crippen LogP contribution is -1.94. The van der Waals surface area contributed by atoms with Gasteiger partial charge in [-0.05, 0) is 19.1 Å². The molecule has 0 bridgehead atoms. The molecule has 3 nitrogen and oxygen atoms in total. The Morgan fingerprint density at radius 1 is 1.50 bits per heavy atom. The van der Waals surface area contributed by atoms with Crippen LogP contribution in [0.25, 0.3) is 0 Å². The quantitative estimate of drug-likeness (QED) is 0.389. The predicted octanol–water partition coefficient (Wildman–Crippen LogP) is 1.96. The summed E-state index contributed by atoms with van der Waals surface area (Å²) in [6, 6.07) is 0. The van der Waals surface area contributed by atoms with Crippen molar-refractivity contribution in [2.45, 2.75) is 20.3 Å². The largest absolute Gasteiger partial charge is 0.513 e. The minimum Gasteiger partial charge on any atom is -0.513 e. The average Bonchev–Trinajstić information content (AvgIpc) is 2.05. The number of carbonyl (C=O) groups is 1. The van der Waals surface area contributed by atoms with E-state index < -0.39 is 0 Å². The Kier molecular flexibility index (Phi) is 5.79. The van der Waals surface area contributed by atoms with E-state index in [-0.39, 0.29) is 12.4 Å². The smallest absolute Gasteiger partial charge is 0.157 e. The van der Waals surface area contributed by atoms with E-state index >= 15 is 0 Å². The molecule has 0 fully saturated rings. The first-order chi connectivity index (χ1) is 5.70. The van der Waals surface area contributed by atoms with Gasteiger partial charge in [0, 0.05) is 6.42 Å². The predicted molar refractivity (Wildman–Crippen MR) is 46.8 cm³/mol. The zero-order valence-electron chi connectivity index (χ0n) is 7.41. The zero-order valence-corrected chi connectivity index (χ0v) is 7.41. The molecular weight excluding hydrogens is 156 g/mol. The van der Waals surface area contributed by atoms with Gasteiger partial charge in [-0.15, -0.1) is 0 Å². The lowest BCUT2D eigenvalue weighted by atomic mass is 10.3. The molecule has 1 N–H and O–H groups in total. The van der Waals surface area contributed by atoms with Crippen LogP contribution in [-0.2, 0) is 9.53 Å². The second-order valence-electron chi connectivity index (χ2n) is 2.27. The Morgan fingerprint density at radius 3 is 2.58 bits per heavy atom. The molecule has 68 valence electrons. The molecule has 0 rings (SSSR count). The van der Waals surface area contributed by atoms with Gasteiger partial charge in [0.15, 0.2) is 6.29 Å². The van der Waals surface area contributed by atoms with E-state index in [9.17, 15) is 4.79 Å². The van der Waals surface area contributed by atoms with E-state index in [1.165, 1.54) is 6.08 Å². The van der Waals surface area contributed by atoms with Gasteiger partial charge in [0.1, 0.15) is 6.61 Å². The van der Waals surface area contributed by atoms with Crippen molar-refractivity contribution in [3.05, 3.63) is 23.7 Å². The molecule has 0 aliphatic rings. The van der Waals surface area contributed by atoms with E-state index in [1.54, 1.807) is 13.0 Å². The van der Waals surface area contributed by atoms with Gasteiger partial charge in [0.25, 0.3) is 0 Å². The number of aldehydes is 1. The van der Waals surface area contributed by atoms with Crippen LogP contribution in [0.2, 0.25) is 0 Å². The number of aliphatic hydroxyl groups excluding tert-OH is 1. The number of hydrogen-bond acceptors (Lipinski definition) is 3. The van der Waals surface area contributed by atoms with Crippen molar-refractivity contribution in [1.29, 1.82) is 0 Å². The number of aliphatic hydroxyl groups is 1. The van der Waals surface area contributed by atoms with Crippen molar-refractivity contribution >= 4 is 6.29 Å². The third kappa shape index (κ3) is 5.53. The van der Waals surface area contributed by atoms with Crippen molar-refractivity contribution in [3.63, 3.8) is 0 Å². The molecule has 0 aliphatic carbocycles. The second kappa shape index (κ2) is 6.46. The molecule has 0 aromatic rings. The summed E-state index contributed by atoms with van der Waals surface area (Å²) in [5.74, 6) is 0.908. The monoisotopic (exact) mass is 170 g/mol. The first-order valence-corrected chi connectivity index (χ1v) is 3.83. The van der Waals surface area contributed by atoms with Gasteiger partial charge in [-0.1, -0.05) is 6.92 Å². The molecule has 0 atom stereocenters. The summed E-state index contributed by atoms with van der Waals surface area (Å²) in [7, 11) is 0. The first-order valence-electron chi connectivity index (χ1n) is 3.83. The maximum Gasteiger partial charge on any atom is 0.157 e. The highest BCUT2D eigenvalue weighted by Gasteiger charge is 1.91. The van der Waals surface area contributed by atoms with E-state index in [4.69, 9.17) is 9.84 Å². The van der Waals surface area contributed by atoms with Crippen LogP contribution >= 0.6 is 0 Å². The molecule has 0 aromatic carbocycles. The fraction of sp³-hybridized carbons (Fsp3) is 0.444. The van der Waals surface area contributed by atoms with Gasteiger partial charge in [0.05, 0.1) is 11.5 Å². The van der Waals surface area contributed by atoms with Crippen molar-refractivity contribution in [3.8, 4) is 0 Å². The zero-order chi connectivity index (χ0) is 9.40. The van der Waals surface area contributed by atoms with E-state index in [0.717, 1.165) is 0 Å². The number of hydrogen-bond donors (Lipinski definition) is 1. The van der Waals surface area contributed by atoms with Gasteiger partial charge in [-0.25, -0.2) is 0 Å². The molecule has 0 aromatic heterocycles. The number of carbonyl (C=O) groups excluding carboxylic acids is 1. The van der Waals surface area contributed by atoms with Gasteiger partial charge < -0.3 is 9.84 Å². The molecule has 3 heteroatoms. The molecule has 0 radical (unpaired) electrons. The van der Waals surface area contributed by atoms with Crippen molar-refractivity contribution in [1.82, 2.24) is 0 Å². The van der Waals surface area contributed by atoms with Crippen molar-refractivity contribution < 1.29 is 14.6 Å². The Hall–Kier alpha value is -1.25. The van der Waals surface area contributed by atoms with Crippen LogP contribution in [0.1, 0.15) is 20.3 Å². The maximum atomic E-state index is 9.95. The Balaban J connectivity index is 4.03. The fourth-order valence-electron chi connectivity index (χ4n) is 0.623. The van der Waals surface area contributed by atoms with Gasteiger partial charge in [-0.2, -0.15) is 0 Å². The van der Waals surface area contributed by atoms with Crippen LogP contribution in [0, 0.1) is 0 Å². The molecule has 12 heavy (non-hydrogen) atoms. The highest BCUT2D eigenvalue weighted by Crippen LogP contribution is 2.02. The lowest BCUT2D eigenvalue weighted by Gasteiger charge is -2.02. The SMILES string of the molecule is CC/C(=C\C=C(/C)O)OCC=O. The third-order valence-corrected chi connectivity index (χ3v) is 1.20. The van der Waals surface area contributed by atoms with Crippen LogP contribution in [0.3, 0.4) is 0 Å². The Morgan fingerprint density at radius 2 is 2.17 bits per heavy atom. The average molecular weight is 170 g/mol. The summed E-state index contributed by atoms with van der Waals surface area (Å²) in [6.45, 7) is 3.55. The molecule has 0 heterocycles. The highest BCUT2D eigenvalue weighted by atomic mass is 16.5. The van der Waals surface area contributed by atoms with E-state index in [2.05, 4.69) is 0 Å². The van der Waals surface area contributed by atoms with Crippen molar-refractivity contribution in [2.24, 2.45) is 0 Å². The topological polar surface area (TPSA) is 46.5 Å². The number of allylic oxidation sites excluding steroid dienone is 4. The summed E-state index contributed by atoms with van der Waals surface area (Å²) < 4.78 is 5.03. The van der Waals surface area contributed by atoms with Gasteiger partial charge in [-0.3, -0.25) is 4.79 Å². The Labute approximate surface area is 72.3 Å². The second-order valence-corrected chi connectivity index (χ2v) is 2.27. The molecule has 0 amide bonds. The molecule has 0 saturated carbocycles. The molecule has 0 saturated heterocycles. The van der Waals surface area contributed by atoms with Crippen LogP contribution in [0.15, 0.2) is 23.7 Å². The number of ether oxygens (including phenoxy) is 1. The summed E-state index contributed by atoms with van der Waals surface area (Å²) in [5, 5.41) is 8.81. The summed E-state index contributed by atoms with van der Waals surface area (Å²) in [4.78, 5) is 9.95. The normalized spacial score (nSPS) is 12.8. The molecule has 0 unspecified atom stereocenters. The standard InChI is InChI=1S/C9H14O3/c1-3-9(12-7-6-10)5-4-8(2)11/h4-6,11H,3,7H2,1-2H3/b8-4+,9-5+. The van der Waals surface area contributed by atoms with Crippen molar-refractivity contribution in [2.75, 3.05) is 6.61 Å². The first kappa shape index (κ1) is 10.8. The Bertz CT molecular complexity index is 188. The fourth-order valence-corrected chi connectivity index (χ4v) is 0.623. The van der Waals surface area contributed by atoms with Gasteiger partial charge in [0.2, 0.25) is 0 Å². The highest BCUT2D eigenvalue weighted by molar-refractivity contribution is 5.50. The molecule has 0 aliphatic heterocycles. The van der Waals surface area contributed by atoms with Crippen LogP contribution < -0.4 is 0 Å². The van der Waals surface area contributed by atoms with Crippen LogP contribution in [0.5, 0.6) is 0 Å². The summed E-state index contributed by atoms with van der Waals surface area (Å²) in [6.07, 6.45) is 4.58. The summed E-state index contributed by atoms with van der Waals surface area (Å²) in [5.41, 5.74) is 0. The lowest BCUT2D eigenvalue weighted by molar-refractivity contribution is -0.110. The van der Waals surface area contributed by atoms with E-state index in [1.807, 2.05) is 6.92 Å². The van der Waals surface area contributed by atoms with E-state index in [0.29, 0.717) is 18.5 Å². The van der Waals surface area contributed by atoms with Gasteiger partial charge >= 0.3 is 0 Å². The number of rotatable bonds is 5. The summed E-state index contributed by atoms with van der Waals surface area (Å²) >= 11 is 0. The minimum absolute atomic E-state index is 0.0674. The molecule has 0 spiro atoms.